The number of ether oxygens (including phenoxy) is 1. The van der Waals surface area contributed by atoms with Crippen molar-refractivity contribution in [1.29, 1.82) is 0 Å². The van der Waals surface area contributed by atoms with Crippen LogP contribution in [0.25, 0.3) is 0 Å². The maximum absolute atomic E-state index is 5.11. The molecule has 110 valence electrons. The van der Waals surface area contributed by atoms with E-state index in [9.17, 15) is 0 Å². The van der Waals surface area contributed by atoms with Crippen LogP contribution in [0.3, 0.4) is 0 Å². The molecule has 0 spiro atoms. The molecule has 4 heteroatoms. The first-order valence-corrected chi connectivity index (χ1v) is 7.41. The molecular weight excluding hydrogens is 262 g/mol. The Bertz CT molecular complexity index is 597. The van der Waals surface area contributed by atoms with Gasteiger partial charge in [-0.2, -0.15) is 0 Å². The van der Waals surface area contributed by atoms with Crippen molar-refractivity contribution in [2.75, 3.05) is 14.2 Å². The normalized spacial score (nSPS) is 18.3. The minimum Gasteiger partial charge on any atom is -0.481 e. The van der Waals surface area contributed by atoms with Crippen molar-refractivity contribution in [2.24, 2.45) is 0 Å². The van der Waals surface area contributed by atoms with Crippen molar-refractivity contribution in [3.05, 3.63) is 53.5 Å². The van der Waals surface area contributed by atoms with Crippen molar-refractivity contribution in [3.8, 4) is 5.88 Å². The third kappa shape index (κ3) is 2.90. The molecular formula is C17H21N3O. The maximum Gasteiger partial charge on any atom is 0.212 e. The minimum absolute atomic E-state index is 0.386. The second-order valence-electron chi connectivity index (χ2n) is 5.50. The number of nitrogens with one attached hydrogen (secondary N) is 1. The lowest BCUT2D eigenvalue weighted by molar-refractivity contribution is 0.397. The first-order valence-electron chi connectivity index (χ1n) is 7.41. The van der Waals surface area contributed by atoms with E-state index in [1.54, 1.807) is 7.11 Å². The zero-order chi connectivity index (χ0) is 14.7. The molecule has 2 unspecified atom stereocenters. The highest BCUT2D eigenvalue weighted by Crippen LogP contribution is 2.34. The van der Waals surface area contributed by atoms with E-state index < -0.39 is 0 Å². The molecule has 4 nitrogen and oxygen atoms in total. The van der Waals surface area contributed by atoms with Gasteiger partial charge in [-0.15, -0.1) is 0 Å². The third-order valence-electron chi connectivity index (χ3n) is 4.32. The average molecular weight is 283 g/mol. The minimum atomic E-state index is 0.386. The van der Waals surface area contributed by atoms with Gasteiger partial charge in [-0.25, -0.2) is 4.98 Å². The number of nitrogens with zero attached hydrogens (tertiary/aromatic N) is 2. The van der Waals surface area contributed by atoms with Gasteiger partial charge in [0.1, 0.15) is 0 Å². The number of likely N-dealkylation sites (N-methyl/N-ethyl adjacent to an activating group) is 1. The summed E-state index contributed by atoms with van der Waals surface area (Å²) in [5, 5.41) is 3.46. The number of aryl methyl sites for hydroxylation is 1. The van der Waals surface area contributed by atoms with Crippen LogP contribution in [-0.4, -0.2) is 30.2 Å². The zero-order valence-corrected chi connectivity index (χ0v) is 12.5. The summed E-state index contributed by atoms with van der Waals surface area (Å²) in [6, 6.07) is 8.62. The molecule has 1 N–H and O–H groups in total. The Morgan fingerprint density at radius 2 is 2.24 bits per heavy atom. The van der Waals surface area contributed by atoms with Crippen LogP contribution >= 0.6 is 0 Å². The summed E-state index contributed by atoms with van der Waals surface area (Å²) in [6.07, 6.45) is 7.05. The van der Waals surface area contributed by atoms with Gasteiger partial charge in [-0.1, -0.05) is 12.1 Å². The first kappa shape index (κ1) is 14.0. The van der Waals surface area contributed by atoms with Crippen molar-refractivity contribution in [3.63, 3.8) is 0 Å². The molecule has 0 aliphatic heterocycles. The lowest BCUT2D eigenvalue weighted by Gasteiger charge is -2.23. The van der Waals surface area contributed by atoms with Crippen molar-refractivity contribution < 1.29 is 4.74 Å². The molecule has 1 aliphatic rings. The summed E-state index contributed by atoms with van der Waals surface area (Å²) >= 11 is 0. The fourth-order valence-electron chi connectivity index (χ4n) is 3.19. The van der Waals surface area contributed by atoms with Gasteiger partial charge in [0.2, 0.25) is 5.88 Å². The van der Waals surface area contributed by atoms with Gasteiger partial charge in [0.15, 0.2) is 0 Å². The molecule has 0 fully saturated rings. The van der Waals surface area contributed by atoms with Gasteiger partial charge in [0.25, 0.3) is 0 Å². The number of rotatable bonds is 5. The van der Waals surface area contributed by atoms with E-state index in [0.29, 0.717) is 17.8 Å². The van der Waals surface area contributed by atoms with Gasteiger partial charge in [0, 0.05) is 36.1 Å². The van der Waals surface area contributed by atoms with E-state index in [-0.39, 0.29) is 0 Å². The molecule has 1 aliphatic carbocycles. The Morgan fingerprint density at radius 3 is 2.95 bits per heavy atom. The second kappa shape index (κ2) is 6.22. The number of hydrogen-bond donors (Lipinski definition) is 1. The van der Waals surface area contributed by atoms with Crippen LogP contribution in [0, 0.1) is 0 Å². The molecule has 2 aromatic rings. The monoisotopic (exact) mass is 283 g/mol. The van der Waals surface area contributed by atoms with Gasteiger partial charge in [0.05, 0.1) is 7.11 Å². The Hall–Kier alpha value is -1.94. The van der Waals surface area contributed by atoms with Crippen LogP contribution in [-0.2, 0) is 12.8 Å². The summed E-state index contributed by atoms with van der Waals surface area (Å²) < 4.78 is 5.11. The second-order valence-corrected chi connectivity index (χ2v) is 5.50. The van der Waals surface area contributed by atoms with E-state index in [2.05, 4.69) is 27.4 Å². The third-order valence-corrected chi connectivity index (χ3v) is 4.32. The molecule has 0 saturated heterocycles. The highest BCUT2D eigenvalue weighted by molar-refractivity contribution is 5.31. The van der Waals surface area contributed by atoms with Crippen LogP contribution < -0.4 is 10.1 Å². The Kier molecular flexibility index (Phi) is 4.15. The van der Waals surface area contributed by atoms with Gasteiger partial charge in [-0.05, 0) is 43.5 Å². The smallest absolute Gasteiger partial charge is 0.212 e. The number of pyridine rings is 2. The van der Waals surface area contributed by atoms with Crippen molar-refractivity contribution >= 4 is 0 Å². The van der Waals surface area contributed by atoms with E-state index in [1.165, 1.54) is 23.2 Å². The highest BCUT2D eigenvalue weighted by atomic mass is 16.5. The fourth-order valence-corrected chi connectivity index (χ4v) is 3.19. The SMILES string of the molecule is CNC(Cc1ccc(OC)nc1)C1CCc2cccnc21. The van der Waals surface area contributed by atoms with E-state index >= 15 is 0 Å². The van der Waals surface area contributed by atoms with Crippen molar-refractivity contribution in [2.45, 2.75) is 31.2 Å². The summed E-state index contributed by atoms with van der Waals surface area (Å²) in [7, 11) is 3.67. The Labute approximate surface area is 125 Å². The van der Waals surface area contributed by atoms with Gasteiger partial charge >= 0.3 is 0 Å². The zero-order valence-electron chi connectivity index (χ0n) is 12.5. The van der Waals surface area contributed by atoms with Gasteiger partial charge < -0.3 is 10.1 Å². The quantitative estimate of drug-likeness (QED) is 0.915. The van der Waals surface area contributed by atoms with Crippen LogP contribution in [0.5, 0.6) is 5.88 Å². The topological polar surface area (TPSA) is 47.0 Å². The molecule has 0 amide bonds. The van der Waals surface area contributed by atoms with Crippen LogP contribution in [0.4, 0.5) is 0 Å². The van der Waals surface area contributed by atoms with Gasteiger partial charge in [-0.3, -0.25) is 4.98 Å². The predicted octanol–water partition coefficient (Wildman–Crippen LogP) is 2.35. The molecule has 0 radical (unpaired) electrons. The van der Waals surface area contributed by atoms with Crippen LogP contribution in [0.15, 0.2) is 36.7 Å². The number of hydrogen-bond acceptors (Lipinski definition) is 4. The van der Waals surface area contributed by atoms with E-state index in [0.717, 1.165) is 12.8 Å². The molecule has 0 bridgehead atoms. The lowest BCUT2D eigenvalue weighted by atomic mass is 9.92. The molecule has 2 atom stereocenters. The van der Waals surface area contributed by atoms with Crippen molar-refractivity contribution in [1.82, 2.24) is 15.3 Å². The molecule has 2 heterocycles. The molecule has 2 aromatic heterocycles. The van der Waals surface area contributed by atoms with Crippen LogP contribution in [0.2, 0.25) is 0 Å². The number of aromatic nitrogens is 2. The van der Waals surface area contributed by atoms with E-state index in [4.69, 9.17) is 4.74 Å². The summed E-state index contributed by atoms with van der Waals surface area (Å²) in [5.41, 5.74) is 3.88. The Balaban J connectivity index is 1.76. The highest BCUT2D eigenvalue weighted by Gasteiger charge is 2.30. The molecule has 3 rings (SSSR count). The summed E-state index contributed by atoms with van der Waals surface area (Å²) in [4.78, 5) is 8.89. The largest absolute Gasteiger partial charge is 0.481 e. The van der Waals surface area contributed by atoms with E-state index in [1.807, 2.05) is 31.6 Å². The summed E-state index contributed by atoms with van der Waals surface area (Å²) in [5.74, 6) is 1.14. The standard InChI is InChI=1S/C17H21N3O/c1-18-15(10-12-5-8-16(21-2)20-11-12)14-7-6-13-4-3-9-19-17(13)14/h3-5,8-9,11,14-15,18H,6-7,10H2,1-2H3. The number of fused-ring (bicyclic) bond motifs is 1. The summed E-state index contributed by atoms with van der Waals surface area (Å²) in [6.45, 7) is 0. The fraction of sp³-hybridized carbons (Fsp3) is 0.412. The maximum atomic E-state index is 5.11. The lowest BCUT2D eigenvalue weighted by Crippen LogP contribution is -2.33. The Morgan fingerprint density at radius 1 is 1.33 bits per heavy atom. The first-order chi connectivity index (χ1) is 10.3. The number of methoxy groups -OCH3 is 1. The predicted molar refractivity (Wildman–Crippen MR) is 82.6 cm³/mol. The molecule has 21 heavy (non-hydrogen) atoms. The van der Waals surface area contributed by atoms with Crippen LogP contribution in [0.1, 0.15) is 29.2 Å². The molecule has 0 aromatic carbocycles. The molecule has 0 saturated carbocycles. The average Bonchev–Trinajstić information content (AvgIpc) is 2.97.